The number of hydrogen-bond acceptors (Lipinski definition) is 8. The van der Waals surface area contributed by atoms with E-state index in [-0.39, 0.29) is 0 Å². The molecule has 1 fully saturated rings. The van der Waals surface area contributed by atoms with Crippen molar-refractivity contribution < 1.29 is 9.13 Å². The van der Waals surface area contributed by atoms with Gasteiger partial charge in [0.15, 0.2) is 0 Å². The molecule has 2 aromatic carbocycles. The number of piperazine rings is 1. The predicted molar refractivity (Wildman–Crippen MR) is 163 cm³/mol. The van der Waals surface area contributed by atoms with Crippen LogP contribution in [0.5, 0.6) is 0 Å². The maximum absolute atomic E-state index is 4.56. The molecule has 1 saturated heterocycles. The Morgan fingerprint density at radius 2 is 1.02 bits per heavy atom. The van der Waals surface area contributed by atoms with Gasteiger partial charge in [-0.25, -0.2) is 9.13 Å². The second-order valence-corrected chi connectivity index (χ2v) is 10.4. The third kappa shape index (κ3) is 6.07. The number of aryl methyl sites for hydroxylation is 6. The van der Waals surface area contributed by atoms with Crippen LogP contribution in [-0.2, 0) is 26.2 Å². The van der Waals surface area contributed by atoms with Crippen LogP contribution in [0.4, 0.5) is 34.6 Å². The lowest BCUT2D eigenvalue weighted by atomic mass is 10.1. The number of nitrogens with zero attached hydrogens (tertiary/aromatic N) is 12. The average molecular weight is 571 g/mol. The SMILES string of the molecule is CCn1nc[n+](CC)c1N=Nc1ccc(N2CCN(c3ccc(N=Nc4n(CC)nc[n+]4CC)c(C)c3)CC2)cc1C. The maximum atomic E-state index is 4.56. The largest absolute Gasteiger partial charge is 0.403 e. The molecule has 0 radical (unpaired) electrons. The minimum Gasteiger partial charge on any atom is -0.368 e. The van der Waals surface area contributed by atoms with Gasteiger partial charge in [-0.2, -0.15) is 0 Å². The van der Waals surface area contributed by atoms with Crippen LogP contribution in [0.2, 0.25) is 0 Å². The summed E-state index contributed by atoms with van der Waals surface area (Å²) >= 11 is 0. The van der Waals surface area contributed by atoms with Crippen molar-refractivity contribution in [2.24, 2.45) is 20.5 Å². The zero-order chi connectivity index (χ0) is 29.6. The first kappa shape index (κ1) is 29.0. The van der Waals surface area contributed by atoms with Crippen molar-refractivity contribution in [3.8, 4) is 0 Å². The topological polar surface area (TPSA) is 99.3 Å². The van der Waals surface area contributed by atoms with Crippen molar-refractivity contribution in [2.45, 2.75) is 67.7 Å². The van der Waals surface area contributed by atoms with Gasteiger partial charge >= 0.3 is 11.9 Å². The smallest absolute Gasteiger partial charge is 0.368 e. The summed E-state index contributed by atoms with van der Waals surface area (Å²) in [6.07, 6.45) is 3.61. The molecule has 1 aliphatic rings. The van der Waals surface area contributed by atoms with Crippen LogP contribution in [0.15, 0.2) is 69.5 Å². The number of anilines is 2. The van der Waals surface area contributed by atoms with Crippen molar-refractivity contribution in [3.63, 3.8) is 0 Å². The van der Waals surface area contributed by atoms with Gasteiger partial charge in [-0.15, -0.1) is 9.36 Å². The standard InChI is InChI=1S/C30H42N12/c1-7-37-21-31-41(9-3)29(37)35-33-27-13-11-25(19-23(27)5)39-15-17-40(18-16-39)26-12-14-28(24(6)20-26)34-36-30-38(8-2)22-32-42(30)10-4/h11-14,19-22H,7-10,15-18H2,1-6H3/q+2. The fourth-order valence-electron chi connectivity index (χ4n) is 5.18. The van der Waals surface area contributed by atoms with Gasteiger partial charge < -0.3 is 9.80 Å². The number of rotatable bonds is 10. The van der Waals surface area contributed by atoms with E-state index in [9.17, 15) is 0 Å². The van der Waals surface area contributed by atoms with Gasteiger partial charge in [0.1, 0.15) is 11.4 Å². The Labute approximate surface area is 247 Å². The molecule has 0 N–H and O–H groups in total. The minimum absolute atomic E-state index is 0.755. The molecule has 0 saturated carbocycles. The minimum atomic E-state index is 0.755. The van der Waals surface area contributed by atoms with E-state index in [2.05, 4.69) is 118 Å². The first-order valence-electron chi connectivity index (χ1n) is 14.9. The van der Waals surface area contributed by atoms with Crippen LogP contribution < -0.4 is 18.9 Å². The molecule has 0 amide bonds. The molecule has 0 spiro atoms. The molecule has 1 aliphatic heterocycles. The molecule has 0 atom stereocenters. The molecule has 220 valence electrons. The summed E-state index contributed by atoms with van der Waals surface area (Å²) in [7, 11) is 0. The van der Waals surface area contributed by atoms with Crippen molar-refractivity contribution in [3.05, 3.63) is 60.2 Å². The maximum Gasteiger partial charge on any atom is 0.403 e. The Morgan fingerprint density at radius 1 is 0.619 bits per heavy atom. The molecule has 42 heavy (non-hydrogen) atoms. The normalized spacial score (nSPS) is 14.1. The van der Waals surface area contributed by atoms with Gasteiger partial charge in [-0.1, -0.05) is 10.2 Å². The zero-order valence-corrected chi connectivity index (χ0v) is 25.6. The number of hydrogen-bond donors (Lipinski definition) is 0. The van der Waals surface area contributed by atoms with Crippen molar-refractivity contribution in [2.75, 3.05) is 36.0 Å². The Bertz CT molecular complexity index is 1410. The van der Waals surface area contributed by atoms with Gasteiger partial charge in [0.25, 0.3) is 0 Å². The highest BCUT2D eigenvalue weighted by Gasteiger charge is 2.20. The van der Waals surface area contributed by atoms with E-state index in [0.717, 1.165) is 86.8 Å². The van der Waals surface area contributed by atoms with E-state index in [1.165, 1.54) is 11.4 Å². The summed E-state index contributed by atoms with van der Waals surface area (Å²) in [5, 5.41) is 26.9. The van der Waals surface area contributed by atoms with Crippen LogP contribution in [-0.4, -0.2) is 45.7 Å². The highest BCUT2D eigenvalue weighted by atomic mass is 15.4. The molecule has 0 bridgehead atoms. The molecule has 12 nitrogen and oxygen atoms in total. The van der Waals surface area contributed by atoms with Crippen molar-refractivity contribution in [1.29, 1.82) is 0 Å². The number of aromatic nitrogens is 6. The van der Waals surface area contributed by atoms with E-state index >= 15 is 0 Å². The molecule has 12 heteroatoms. The third-order valence-corrected chi connectivity index (χ3v) is 7.78. The van der Waals surface area contributed by atoms with E-state index < -0.39 is 0 Å². The fraction of sp³-hybridized carbons (Fsp3) is 0.467. The highest BCUT2D eigenvalue weighted by Crippen LogP contribution is 2.30. The molecular formula is C30H42N12+2. The lowest BCUT2D eigenvalue weighted by Crippen LogP contribution is -2.46. The molecule has 4 aromatic rings. The second kappa shape index (κ2) is 13.0. The van der Waals surface area contributed by atoms with E-state index in [1.54, 1.807) is 12.7 Å². The van der Waals surface area contributed by atoms with Crippen LogP contribution in [0.25, 0.3) is 0 Å². The quantitative estimate of drug-likeness (QED) is 0.185. The van der Waals surface area contributed by atoms with E-state index in [1.807, 2.05) is 18.5 Å². The van der Waals surface area contributed by atoms with E-state index in [0.29, 0.717) is 0 Å². The van der Waals surface area contributed by atoms with Crippen LogP contribution in [0.3, 0.4) is 0 Å². The molecule has 0 aliphatic carbocycles. The van der Waals surface area contributed by atoms with Gasteiger partial charge in [-0.05, 0) is 99.3 Å². The van der Waals surface area contributed by atoms with Crippen LogP contribution in [0.1, 0.15) is 38.8 Å². The Morgan fingerprint density at radius 3 is 1.36 bits per heavy atom. The molecular weight excluding hydrogens is 528 g/mol. The Hall–Kier alpha value is -4.48. The molecule has 5 rings (SSSR count). The Kier molecular flexibility index (Phi) is 8.99. The summed E-state index contributed by atoms with van der Waals surface area (Å²) in [5.41, 5.74) is 6.40. The number of azo groups is 2. The first-order valence-corrected chi connectivity index (χ1v) is 14.9. The number of benzene rings is 2. The third-order valence-electron chi connectivity index (χ3n) is 7.78. The summed E-state index contributed by atoms with van der Waals surface area (Å²) in [4.78, 5) is 4.88. The molecule has 3 heterocycles. The van der Waals surface area contributed by atoms with Gasteiger partial charge in [0.2, 0.25) is 12.7 Å². The summed E-state index contributed by atoms with van der Waals surface area (Å²) < 4.78 is 7.72. The average Bonchev–Trinajstić information content (AvgIpc) is 3.62. The van der Waals surface area contributed by atoms with E-state index in [4.69, 9.17) is 0 Å². The zero-order valence-electron chi connectivity index (χ0n) is 25.6. The molecule has 0 unspecified atom stereocenters. The predicted octanol–water partition coefficient (Wildman–Crippen LogP) is 5.51. The summed E-state index contributed by atoms with van der Waals surface area (Å²) in [5.74, 6) is 1.53. The highest BCUT2D eigenvalue weighted by molar-refractivity contribution is 5.61. The van der Waals surface area contributed by atoms with Gasteiger partial charge in [0, 0.05) is 47.8 Å². The summed E-state index contributed by atoms with van der Waals surface area (Å²) in [6, 6.07) is 12.9. The first-order chi connectivity index (χ1) is 20.4. The summed E-state index contributed by atoms with van der Waals surface area (Å²) in [6.45, 7) is 19.4. The second-order valence-electron chi connectivity index (χ2n) is 10.4. The fourth-order valence-corrected chi connectivity index (χ4v) is 5.18. The van der Waals surface area contributed by atoms with Crippen LogP contribution in [0, 0.1) is 13.8 Å². The van der Waals surface area contributed by atoms with Gasteiger partial charge in [0.05, 0.1) is 26.2 Å². The van der Waals surface area contributed by atoms with Gasteiger partial charge in [-0.3, -0.25) is 0 Å². The van der Waals surface area contributed by atoms with Crippen LogP contribution >= 0.6 is 0 Å². The lowest BCUT2D eigenvalue weighted by Gasteiger charge is -2.37. The lowest BCUT2D eigenvalue weighted by molar-refractivity contribution is -0.681. The van der Waals surface area contributed by atoms with Crippen molar-refractivity contribution in [1.82, 2.24) is 19.6 Å². The van der Waals surface area contributed by atoms with Crippen molar-refractivity contribution >= 4 is 34.6 Å². The monoisotopic (exact) mass is 570 g/mol. The molecule has 2 aromatic heterocycles. The Balaban J connectivity index is 1.22.